The lowest BCUT2D eigenvalue weighted by Gasteiger charge is -2.30. The average Bonchev–Trinajstić information content (AvgIpc) is 2.89. The van der Waals surface area contributed by atoms with Gasteiger partial charge in [0.15, 0.2) is 0 Å². The molecule has 1 N–H and O–H groups in total. The molecule has 0 spiro atoms. The minimum Gasteiger partial charge on any atom is -0.434 e. The molecular weight excluding hydrogens is 244 g/mol. The fraction of sp³-hybridized carbons (Fsp3) is 0.733. The number of hydrogen-bond acceptors (Lipinski definition) is 4. The van der Waals surface area contributed by atoms with Gasteiger partial charge >= 0.3 is 5.97 Å². The quantitative estimate of drug-likeness (QED) is 0.573. The van der Waals surface area contributed by atoms with Crippen molar-refractivity contribution in [3.05, 3.63) is 11.6 Å². The second kappa shape index (κ2) is 2.95. The molecular formula is C15H18O4. The largest absolute Gasteiger partial charge is 0.434 e. The summed E-state index contributed by atoms with van der Waals surface area (Å²) in [5.41, 5.74) is -0.575. The van der Waals surface area contributed by atoms with Gasteiger partial charge in [-0.3, -0.25) is 9.59 Å². The number of carbonyl (C=O) groups excluding carboxylic acids is 2. The van der Waals surface area contributed by atoms with Crippen molar-refractivity contribution in [3.8, 4) is 0 Å². The summed E-state index contributed by atoms with van der Waals surface area (Å²) < 4.78 is 5.08. The Morgan fingerprint density at radius 1 is 1.37 bits per heavy atom. The number of hydrogen-bond donors (Lipinski definition) is 1. The van der Waals surface area contributed by atoms with Crippen LogP contribution >= 0.6 is 0 Å². The van der Waals surface area contributed by atoms with Crippen molar-refractivity contribution in [3.63, 3.8) is 0 Å². The lowest BCUT2D eigenvalue weighted by Crippen LogP contribution is -2.35. The number of aliphatic hydroxyl groups excluding tert-OH is 1. The molecule has 3 aliphatic carbocycles. The standard InChI is InChI=1S/C15H18O4/c1-13(2)4-8-3-9(6-16)14-7-15(14,10(8)5-13)12(18)19-11(14)17/h3,6,8,10-11,17H,4-5,7H2,1-2H3/t8-,10+,11-,14-,15+/m0/s1. The number of cyclic esters (lactones) is 1. The molecule has 0 radical (unpaired) electrons. The zero-order valence-corrected chi connectivity index (χ0v) is 11.2. The van der Waals surface area contributed by atoms with Gasteiger partial charge in [-0.1, -0.05) is 19.9 Å². The van der Waals surface area contributed by atoms with Gasteiger partial charge in [0.1, 0.15) is 6.29 Å². The summed E-state index contributed by atoms with van der Waals surface area (Å²) in [5.74, 6) is 0.194. The molecule has 5 atom stereocenters. The van der Waals surface area contributed by atoms with Crippen LogP contribution in [0.3, 0.4) is 0 Å². The predicted octanol–water partition coefficient (Wildman–Crippen LogP) is 1.43. The summed E-state index contributed by atoms with van der Waals surface area (Å²) in [4.78, 5) is 23.7. The molecule has 0 bridgehead atoms. The molecule has 0 amide bonds. The van der Waals surface area contributed by atoms with Crippen molar-refractivity contribution >= 4 is 12.3 Å². The van der Waals surface area contributed by atoms with Crippen LogP contribution in [0.15, 0.2) is 11.6 Å². The predicted molar refractivity (Wildman–Crippen MR) is 65.7 cm³/mol. The number of allylic oxidation sites excluding steroid dienone is 1. The first-order valence-electron chi connectivity index (χ1n) is 6.94. The van der Waals surface area contributed by atoms with E-state index in [0.29, 0.717) is 12.0 Å². The van der Waals surface area contributed by atoms with E-state index in [4.69, 9.17) is 4.74 Å². The highest BCUT2D eigenvalue weighted by atomic mass is 16.6. The first-order valence-corrected chi connectivity index (χ1v) is 6.94. The number of aldehydes is 1. The maximum absolute atomic E-state index is 12.3. The third kappa shape index (κ3) is 1.04. The Kier molecular flexibility index (Phi) is 1.81. The highest BCUT2D eigenvalue weighted by Gasteiger charge is 2.87. The second-order valence-corrected chi connectivity index (χ2v) is 7.46. The zero-order valence-electron chi connectivity index (χ0n) is 11.2. The van der Waals surface area contributed by atoms with Crippen LogP contribution in [-0.2, 0) is 14.3 Å². The number of fused-ring (bicyclic) bond motifs is 1. The van der Waals surface area contributed by atoms with Crippen LogP contribution < -0.4 is 0 Å². The van der Waals surface area contributed by atoms with Crippen LogP contribution in [0.2, 0.25) is 0 Å². The smallest absolute Gasteiger partial charge is 0.315 e. The first kappa shape index (κ1) is 11.6. The van der Waals surface area contributed by atoms with E-state index in [0.717, 1.165) is 19.1 Å². The normalized spacial score (nSPS) is 52.7. The molecule has 4 nitrogen and oxygen atoms in total. The molecule has 102 valence electrons. The molecule has 0 aromatic rings. The molecule has 4 heteroatoms. The maximum Gasteiger partial charge on any atom is 0.315 e. The topological polar surface area (TPSA) is 63.6 Å². The fourth-order valence-corrected chi connectivity index (χ4v) is 5.23. The van der Waals surface area contributed by atoms with Crippen LogP contribution in [0.25, 0.3) is 0 Å². The van der Waals surface area contributed by atoms with Gasteiger partial charge in [0, 0.05) is 5.57 Å². The minimum atomic E-state index is -1.14. The lowest BCUT2D eigenvalue weighted by atomic mass is 9.69. The molecule has 1 heterocycles. The van der Waals surface area contributed by atoms with Crippen LogP contribution in [-0.4, -0.2) is 23.7 Å². The molecule has 0 aromatic heterocycles. The molecule has 19 heavy (non-hydrogen) atoms. The molecule has 2 saturated carbocycles. The Hall–Kier alpha value is -1.16. The second-order valence-electron chi connectivity index (χ2n) is 7.46. The summed E-state index contributed by atoms with van der Waals surface area (Å²) in [6, 6.07) is 0. The van der Waals surface area contributed by atoms with Crippen LogP contribution in [0, 0.1) is 28.1 Å². The van der Waals surface area contributed by atoms with E-state index in [1.165, 1.54) is 0 Å². The molecule has 0 aromatic carbocycles. The molecule has 3 fully saturated rings. The van der Waals surface area contributed by atoms with Crippen LogP contribution in [0.5, 0.6) is 0 Å². The molecule has 4 rings (SSSR count). The number of rotatable bonds is 1. The summed E-state index contributed by atoms with van der Waals surface area (Å²) >= 11 is 0. The fourth-order valence-electron chi connectivity index (χ4n) is 5.23. The monoisotopic (exact) mass is 262 g/mol. The van der Waals surface area contributed by atoms with Crippen molar-refractivity contribution in [2.45, 2.75) is 39.4 Å². The SMILES string of the molecule is CC1(C)C[C@@H]2[C@@H](C=C(C=O)[C@]34C[C@]23C(=O)O[C@@H]4O)C1. The van der Waals surface area contributed by atoms with Gasteiger partial charge < -0.3 is 9.84 Å². The number of esters is 1. The van der Waals surface area contributed by atoms with Crippen molar-refractivity contribution in [1.29, 1.82) is 0 Å². The van der Waals surface area contributed by atoms with E-state index < -0.39 is 17.1 Å². The van der Waals surface area contributed by atoms with E-state index in [1.54, 1.807) is 0 Å². The van der Waals surface area contributed by atoms with Gasteiger partial charge in [0.25, 0.3) is 0 Å². The van der Waals surface area contributed by atoms with Gasteiger partial charge in [-0.05, 0) is 36.5 Å². The van der Waals surface area contributed by atoms with Crippen molar-refractivity contribution in [2.24, 2.45) is 28.1 Å². The average molecular weight is 262 g/mol. The van der Waals surface area contributed by atoms with Crippen molar-refractivity contribution < 1.29 is 19.4 Å². The van der Waals surface area contributed by atoms with Gasteiger partial charge in [-0.25, -0.2) is 0 Å². The van der Waals surface area contributed by atoms with E-state index in [-0.39, 0.29) is 23.2 Å². The summed E-state index contributed by atoms with van der Waals surface area (Å²) in [6.07, 6.45) is 4.22. The first-order chi connectivity index (χ1) is 8.87. The van der Waals surface area contributed by atoms with Gasteiger partial charge in [-0.15, -0.1) is 0 Å². The van der Waals surface area contributed by atoms with Crippen molar-refractivity contribution in [2.75, 3.05) is 0 Å². The molecule has 1 aliphatic heterocycles. The maximum atomic E-state index is 12.3. The number of carbonyl (C=O) groups is 2. The Balaban J connectivity index is 1.89. The third-order valence-corrected chi connectivity index (χ3v) is 5.98. The van der Waals surface area contributed by atoms with Crippen LogP contribution in [0.1, 0.15) is 33.1 Å². The van der Waals surface area contributed by atoms with E-state index in [9.17, 15) is 14.7 Å². The Morgan fingerprint density at radius 2 is 2.11 bits per heavy atom. The van der Waals surface area contributed by atoms with E-state index in [2.05, 4.69) is 13.8 Å². The number of aliphatic hydroxyl groups is 1. The van der Waals surface area contributed by atoms with Gasteiger partial charge in [0.05, 0.1) is 10.8 Å². The molecule has 1 saturated heterocycles. The summed E-state index contributed by atoms with van der Waals surface area (Å²) in [6.45, 7) is 4.41. The van der Waals surface area contributed by atoms with E-state index >= 15 is 0 Å². The Morgan fingerprint density at radius 3 is 2.79 bits per heavy atom. The van der Waals surface area contributed by atoms with E-state index in [1.807, 2.05) is 6.08 Å². The minimum absolute atomic E-state index is 0.182. The van der Waals surface area contributed by atoms with Gasteiger partial charge in [-0.2, -0.15) is 0 Å². The summed E-state index contributed by atoms with van der Waals surface area (Å²) in [7, 11) is 0. The summed E-state index contributed by atoms with van der Waals surface area (Å²) in [5, 5.41) is 10.1. The highest BCUT2D eigenvalue weighted by Crippen LogP contribution is 2.82. The highest BCUT2D eigenvalue weighted by molar-refractivity contribution is 5.93. The van der Waals surface area contributed by atoms with Crippen molar-refractivity contribution in [1.82, 2.24) is 0 Å². The molecule has 0 unspecified atom stereocenters. The Bertz CT molecular complexity index is 534. The lowest BCUT2D eigenvalue weighted by molar-refractivity contribution is -0.165. The van der Waals surface area contributed by atoms with Crippen LogP contribution in [0.4, 0.5) is 0 Å². The zero-order chi connectivity index (χ0) is 13.6. The molecule has 4 aliphatic rings. The van der Waals surface area contributed by atoms with Gasteiger partial charge in [0.2, 0.25) is 6.29 Å². The number of ether oxygens (including phenoxy) is 1. The Labute approximate surface area is 111 Å². The third-order valence-electron chi connectivity index (χ3n) is 5.98.